The summed E-state index contributed by atoms with van der Waals surface area (Å²) in [5, 5.41) is 11.4. The number of hydrogen-bond acceptors (Lipinski definition) is 6. The van der Waals surface area contributed by atoms with Crippen molar-refractivity contribution in [3.05, 3.63) is 29.3 Å². The van der Waals surface area contributed by atoms with E-state index in [1.54, 1.807) is 18.7 Å². The van der Waals surface area contributed by atoms with E-state index in [4.69, 9.17) is 4.74 Å². The minimum Gasteiger partial charge on any atom is -0.481 e. The molecule has 7 heteroatoms. The number of ether oxygens (including phenoxy) is 1. The van der Waals surface area contributed by atoms with Crippen LogP contribution in [0.15, 0.2) is 22.5 Å². The molecule has 0 aliphatic heterocycles. The zero-order chi connectivity index (χ0) is 17.7. The van der Waals surface area contributed by atoms with Gasteiger partial charge in [-0.1, -0.05) is 49.1 Å². The highest BCUT2D eigenvalue weighted by Gasteiger charge is 2.18. The maximum atomic E-state index is 12.3. The number of carbonyl (C=O) groups is 1. The lowest BCUT2D eigenvalue weighted by atomic mass is 10.1. The second-order valence-corrected chi connectivity index (χ2v) is 8.34. The number of aryl methyl sites for hydroxylation is 2. The molecule has 130 valence electrons. The van der Waals surface area contributed by atoms with Gasteiger partial charge < -0.3 is 4.74 Å². The third kappa shape index (κ3) is 5.49. The Morgan fingerprint density at radius 2 is 2.04 bits per heavy atom. The van der Waals surface area contributed by atoms with Crippen LogP contribution in [0.4, 0.5) is 5.13 Å². The van der Waals surface area contributed by atoms with Crippen LogP contribution in [-0.2, 0) is 4.79 Å². The standard InChI is InChI=1S/C17H23N3O2S2/c1-10(2)9-23-17-20-19-16(24-17)18-15(21)13(5)22-14-8-11(3)6-7-12(14)4/h6-8,10,13H,9H2,1-5H3,(H,18,19,21)/t13-/m1/s1. The first-order valence-corrected chi connectivity index (χ1v) is 9.66. The first kappa shape index (κ1) is 18.7. The highest BCUT2D eigenvalue weighted by molar-refractivity contribution is 8.01. The molecular weight excluding hydrogens is 342 g/mol. The number of rotatable bonds is 7. The number of thioether (sulfide) groups is 1. The Morgan fingerprint density at radius 1 is 1.29 bits per heavy atom. The summed E-state index contributed by atoms with van der Waals surface area (Å²) in [6, 6.07) is 5.94. The van der Waals surface area contributed by atoms with Crippen LogP contribution in [0.1, 0.15) is 31.9 Å². The van der Waals surface area contributed by atoms with Gasteiger partial charge in [0.05, 0.1) is 0 Å². The predicted octanol–water partition coefficient (Wildman–Crippen LogP) is 4.31. The van der Waals surface area contributed by atoms with Crippen LogP contribution in [0, 0.1) is 19.8 Å². The first-order valence-electron chi connectivity index (χ1n) is 7.86. The van der Waals surface area contributed by atoms with Crippen molar-refractivity contribution in [2.45, 2.75) is 45.1 Å². The molecule has 0 radical (unpaired) electrons. The normalized spacial score (nSPS) is 12.2. The lowest BCUT2D eigenvalue weighted by Gasteiger charge is -2.15. The Balaban J connectivity index is 1.93. The lowest BCUT2D eigenvalue weighted by molar-refractivity contribution is -0.122. The van der Waals surface area contributed by atoms with Gasteiger partial charge in [0.2, 0.25) is 5.13 Å². The first-order chi connectivity index (χ1) is 11.3. The number of nitrogens with one attached hydrogen (secondary N) is 1. The molecule has 1 N–H and O–H groups in total. The summed E-state index contributed by atoms with van der Waals surface area (Å²) < 4.78 is 6.65. The van der Waals surface area contributed by atoms with E-state index in [0.29, 0.717) is 11.0 Å². The number of benzene rings is 1. The maximum Gasteiger partial charge on any atom is 0.266 e. The Bertz CT molecular complexity index is 701. The SMILES string of the molecule is Cc1ccc(C)c(O[C@H](C)C(=O)Nc2nnc(SCC(C)C)s2)c1. The number of hydrogen-bond donors (Lipinski definition) is 1. The van der Waals surface area contributed by atoms with Crippen molar-refractivity contribution in [2.75, 3.05) is 11.1 Å². The molecule has 0 aliphatic carbocycles. The Morgan fingerprint density at radius 3 is 2.75 bits per heavy atom. The molecule has 0 spiro atoms. The summed E-state index contributed by atoms with van der Waals surface area (Å²) in [5.74, 6) is 2.06. The molecule has 1 heterocycles. The number of amides is 1. The summed E-state index contributed by atoms with van der Waals surface area (Å²) in [7, 11) is 0. The van der Waals surface area contributed by atoms with Gasteiger partial charge in [0.15, 0.2) is 10.4 Å². The molecule has 1 aromatic heterocycles. The Labute approximate surface area is 151 Å². The van der Waals surface area contributed by atoms with Crippen LogP contribution in [0.3, 0.4) is 0 Å². The molecular formula is C17H23N3O2S2. The van der Waals surface area contributed by atoms with Gasteiger partial charge in [0.1, 0.15) is 5.75 Å². The van der Waals surface area contributed by atoms with Gasteiger partial charge in [-0.05, 0) is 43.9 Å². The van der Waals surface area contributed by atoms with E-state index in [1.807, 2.05) is 32.0 Å². The van der Waals surface area contributed by atoms with Crippen molar-refractivity contribution >= 4 is 34.1 Å². The fraction of sp³-hybridized carbons (Fsp3) is 0.471. The quantitative estimate of drug-likeness (QED) is 0.585. The molecule has 0 saturated heterocycles. The van der Waals surface area contributed by atoms with Gasteiger partial charge >= 0.3 is 0 Å². The third-order valence-electron chi connectivity index (χ3n) is 3.19. The lowest BCUT2D eigenvalue weighted by Crippen LogP contribution is -2.30. The maximum absolute atomic E-state index is 12.3. The molecule has 0 aliphatic rings. The van der Waals surface area contributed by atoms with Crippen molar-refractivity contribution < 1.29 is 9.53 Å². The summed E-state index contributed by atoms with van der Waals surface area (Å²) in [5.41, 5.74) is 2.10. The minimum absolute atomic E-state index is 0.229. The van der Waals surface area contributed by atoms with E-state index in [-0.39, 0.29) is 5.91 Å². The minimum atomic E-state index is -0.610. The van der Waals surface area contributed by atoms with E-state index >= 15 is 0 Å². The number of nitrogens with zero attached hydrogens (tertiary/aromatic N) is 2. The average Bonchev–Trinajstić information content (AvgIpc) is 2.96. The smallest absolute Gasteiger partial charge is 0.266 e. The van der Waals surface area contributed by atoms with Crippen LogP contribution in [0.2, 0.25) is 0 Å². The van der Waals surface area contributed by atoms with Gasteiger partial charge in [0.25, 0.3) is 5.91 Å². The fourth-order valence-corrected chi connectivity index (χ4v) is 3.57. The summed E-state index contributed by atoms with van der Waals surface area (Å²) in [4.78, 5) is 12.3. The fourth-order valence-electron chi connectivity index (χ4n) is 1.84. The molecule has 2 aromatic rings. The monoisotopic (exact) mass is 365 g/mol. The summed E-state index contributed by atoms with van der Waals surface area (Å²) in [6.07, 6.45) is -0.610. The van der Waals surface area contributed by atoms with E-state index in [9.17, 15) is 4.79 Å². The molecule has 0 fully saturated rings. The summed E-state index contributed by atoms with van der Waals surface area (Å²) >= 11 is 3.04. The molecule has 0 unspecified atom stereocenters. The predicted molar refractivity (Wildman–Crippen MR) is 100 cm³/mol. The van der Waals surface area contributed by atoms with Crippen LogP contribution in [-0.4, -0.2) is 28.0 Å². The van der Waals surface area contributed by atoms with Gasteiger partial charge in [0, 0.05) is 5.75 Å². The van der Waals surface area contributed by atoms with Crippen LogP contribution in [0.25, 0.3) is 0 Å². The van der Waals surface area contributed by atoms with Gasteiger partial charge in [-0.25, -0.2) is 0 Å². The number of carbonyl (C=O) groups excluding carboxylic acids is 1. The van der Waals surface area contributed by atoms with Crippen LogP contribution >= 0.6 is 23.1 Å². The van der Waals surface area contributed by atoms with Crippen molar-refractivity contribution in [3.63, 3.8) is 0 Å². The second kappa shape index (κ2) is 8.48. The molecule has 5 nitrogen and oxygen atoms in total. The average molecular weight is 366 g/mol. The largest absolute Gasteiger partial charge is 0.481 e. The highest BCUT2D eigenvalue weighted by atomic mass is 32.2. The molecule has 0 saturated carbocycles. The third-order valence-corrected chi connectivity index (χ3v) is 5.59. The molecule has 24 heavy (non-hydrogen) atoms. The topological polar surface area (TPSA) is 64.1 Å². The molecule has 2 rings (SSSR count). The van der Waals surface area contributed by atoms with E-state index in [1.165, 1.54) is 11.3 Å². The Hall–Kier alpha value is -1.60. The molecule has 0 bridgehead atoms. The molecule has 1 atom stereocenters. The second-order valence-electron chi connectivity index (χ2n) is 6.10. The van der Waals surface area contributed by atoms with Crippen molar-refractivity contribution in [3.8, 4) is 5.75 Å². The van der Waals surface area contributed by atoms with Gasteiger partial charge in [-0.15, -0.1) is 10.2 Å². The molecule has 1 amide bonds. The van der Waals surface area contributed by atoms with Crippen LogP contribution in [0.5, 0.6) is 5.75 Å². The van der Waals surface area contributed by atoms with Gasteiger partial charge in [-0.2, -0.15) is 0 Å². The van der Waals surface area contributed by atoms with Gasteiger partial charge in [-0.3, -0.25) is 10.1 Å². The van der Waals surface area contributed by atoms with Crippen LogP contribution < -0.4 is 10.1 Å². The number of aromatic nitrogens is 2. The highest BCUT2D eigenvalue weighted by Crippen LogP contribution is 2.27. The number of anilines is 1. The van der Waals surface area contributed by atoms with E-state index in [2.05, 4.69) is 29.4 Å². The van der Waals surface area contributed by atoms with Crippen molar-refractivity contribution in [2.24, 2.45) is 5.92 Å². The zero-order valence-corrected chi connectivity index (χ0v) is 16.3. The molecule has 1 aromatic carbocycles. The Kier molecular flexibility index (Phi) is 6.62. The van der Waals surface area contributed by atoms with Crippen molar-refractivity contribution in [1.29, 1.82) is 0 Å². The summed E-state index contributed by atoms with van der Waals surface area (Å²) in [6.45, 7) is 10.00. The zero-order valence-electron chi connectivity index (χ0n) is 14.6. The van der Waals surface area contributed by atoms with Crippen molar-refractivity contribution in [1.82, 2.24) is 10.2 Å². The van der Waals surface area contributed by atoms with E-state index < -0.39 is 6.10 Å². The van der Waals surface area contributed by atoms with E-state index in [0.717, 1.165) is 27.0 Å².